The van der Waals surface area contributed by atoms with Gasteiger partial charge >= 0.3 is 0 Å². The molecule has 0 saturated carbocycles. The van der Waals surface area contributed by atoms with Crippen LogP contribution >= 0.6 is 0 Å². The first-order valence-electron chi connectivity index (χ1n) is 8.43. The molecular weight excluding hydrogens is 320 g/mol. The molecule has 0 aliphatic carbocycles. The highest BCUT2D eigenvalue weighted by molar-refractivity contribution is 5.92. The minimum atomic E-state index is -0.268. The van der Waals surface area contributed by atoms with Gasteiger partial charge in [-0.15, -0.1) is 0 Å². The minimum absolute atomic E-state index is 0.0920. The highest BCUT2D eigenvalue weighted by atomic mass is 16.5. The van der Waals surface area contributed by atoms with Crippen molar-refractivity contribution in [1.29, 1.82) is 0 Å². The van der Waals surface area contributed by atoms with Gasteiger partial charge in [-0.3, -0.25) is 14.8 Å². The van der Waals surface area contributed by atoms with Gasteiger partial charge in [0, 0.05) is 37.3 Å². The summed E-state index contributed by atoms with van der Waals surface area (Å²) >= 11 is 0. The zero-order valence-corrected chi connectivity index (χ0v) is 13.9. The summed E-state index contributed by atoms with van der Waals surface area (Å²) in [5.74, 6) is 0.214. The SMILES string of the molecule is O=C(c1cnccn1)N1CC2(C1)OCC[C@H]2COCc1ccncc1. The summed E-state index contributed by atoms with van der Waals surface area (Å²) in [6.45, 7) is 3.10. The van der Waals surface area contributed by atoms with Crippen molar-refractivity contribution in [3.63, 3.8) is 0 Å². The normalized spacial score (nSPS) is 21.3. The van der Waals surface area contributed by atoms with Crippen LogP contribution in [0.2, 0.25) is 0 Å². The van der Waals surface area contributed by atoms with Gasteiger partial charge < -0.3 is 14.4 Å². The Kier molecular flexibility index (Phi) is 4.42. The van der Waals surface area contributed by atoms with Crippen LogP contribution < -0.4 is 0 Å². The Hall–Kier alpha value is -2.38. The molecule has 0 radical (unpaired) electrons. The molecule has 1 amide bonds. The molecule has 4 rings (SSSR count). The van der Waals surface area contributed by atoms with E-state index in [1.165, 1.54) is 12.4 Å². The Morgan fingerprint density at radius 1 is 1.24 bits per heavy atom. The molecule has 2 aromatic heterocycles. The number of aromatic nitrogens is 3. The number of nitrogens with zero attached hydrogens (tertiary/aromatic N) is 4. The summed E-state index contributed by atoms with van der Waals surface area (Å²) in [5.41, 5.74) is 1.22. The molecule has 0 aromatic carbocycles. The molecule has 2 aliphatic heterocycles. The number of hydrogen-bond donors (Lipinski definition) is 0. The van der Waals surface area contributed by atoms with E-state index in [1.54, 1.807) is 23.5 Å². The van der Waals surface area contributed by atoms with E-state index < -0.39 is 0 Å². The zero-order chi connectivity index (χ0) is 17.1. The van der Waals surface area contributed by atoms with E-state index in [0.717, 1.165) is 18.6 Å². The summed E-state index contributed by atoms with van der Waals surface area (Å²) in [7, 11) is 0. The van der Waals surface area contributed by atoms with Crippen molar-refractivity contribution in [2.75, 3.05) is 26.3 Å². The van der Waals surface area contributed by atoms with Gasteiger partial charge in [0.25, 0.3) is 5.91 Å². The predicted octanol–water partition coefficient (Wildman–Crippen LogP) is 1.32. The van der Waals surface area contributed by atoms with E-state index in [9.17, 15) is 4.79 Å². The number of rotatable bonds is 5. The highest BCUT2D eigenvalue weighted by Crippen LogP contribution is 2.40. The number of carbonyl (C=O) groups is 1. The Balaban J connectivity index is 1.31. The van der Waals surface area contributed by atoms with Crippen LogP contribution in [0.15, 0.2) is 43.1 Å². The first-order chi connectivity index (χ1) is 12.3. The fourth-order valence-electron chi connectivity index (χ4n) is 3.48. The monoisotopic (exact) mass is 340 g/mol. The molecule has 7 heteroatoms. The van der Waals surface area contributed by atoms with Crippen LogP contribution in [0.4, 0.5) is 0 Å². The molecule has 4 heterocycles. The largest absolute Gasteiger partial charge is 0.376 e. The molecule has 0 unspecified atom stereocenters. The van der Waals surface area contributed by atoms with Crippen LogP contribution in [0.1, 0.15) is 22.5 Å². The number of ether oxygens (including phenoxy) is 2. The van der Waals surface area contributed by atoms with Crippen molar-refractivity contribution >= 4 is 5.91 Å². The third kappa shape index (κ3) is 3.25. The van der Waals surface area contributed by atoms with E-state index in [-0.39, 0.29) is 11.5 Å². The Labute approximate surface area is 146 Å². The fraction of sp³-hybridized carbons (Fsp3) is 0.444. The van der Waals surface area contributed by atoms with Crippen molar-refractivity contribution in [1.82, 2.24) is 19.9 Å². The maximum Gasteiger partial charge on any atom is 0.274 e. The lowest BCUT2D eigenvalue weighted by Gasteiger charge is -2.49. The fourth-order valence-corrected chi connectivity index (χ4v) is 3.48. The predicted molar refractivity (Wildman–Crippen MR) is 88.6 cm³/mol. The molecule has 2 aliphatic rings. The van der Waals surface area contributed by atoms with Crippen LogP contribution in [-0.4, -0.2) is 57.7 Å². The molecule has 1 spiro atoms. The number of amides is 1. The zero-order valence-electron chi connectivity index (χ0n) is 13.9. The quantitative estimate of drug-likeness (QED) is 0.817. The molecule has 2 fully saturated rings. The van der Waals surface area contributed by atoms with Gasteiger partial charge in [-0.05, 0) is 24.1 Å². The van der Waals surface area contributed by atoms with E-state index in [1.807, 2.05) is 12.1 Å². The van der Waals surface area contributed by atoms with E-state index >= 15 is 0 Å². The van der Waals surface area contributed by atoms with Crippen LogP contribution in [0.3, 0.4) is 0 Å². The molecule has 130 valence electrons. The molecular formula is C18H20N4O3. The molecule has 2 saturated heterocycles. The summed E-state index contributed by atoms with van der Waals surface area (Å²) in [6, 6.07) is 3.90. The third-order valence-corrected chi connectivity index (χ3v) is 4.92. The van der Waals surface area contributed by atoms with Gasteiger partial charge in [0.1, 0.15) is 11.3 Å². The van der Waals surface area contributed by atoms with Crippen LogP contribution in [0.25, 0.3) is 0 Å². The minimum Gasteiger partial charge on any atom is -0.376 e. The molecule has 2 aromatic rings. The first-order valence-corrected chi connectivity index (χ1v) is 8.43. The average Bonchev–Trinajstić information content (AvgIpc) is 3.05. The summed E-state index contributed by atoms with van der Waals surface area (Å²) in [4.78, 5) is 26.2. The van der Waals surface area contributed by atoms with Gasteiger partial charge in [0.2, 0.25) is 0 Å². The van der Waals surface area contributed by atoms with Crippen molar-refractivity contribution in [2.45, 2.75) is 18.6 Å². The van der Waals surface area contributed by atoms with Crippen LogP contribution in [0.5, 0.6) is 0 Å². The van der Waals surface area contributed by atoms with Crippen molar-refractivity contribution in [2.24, 2.45) is 5.92 Å². The number of hydrogen-bond acceptors (Lipinski definition) is 6. The molecule has 0 N–H and O–H groups in total. The summed E-state index contributed by atoms with van der Waals surface area (Å²) < 4.78 is 11.9. The first kappa shape index (κ1) is 16.1. The van der Waals surface area contributed by atoms with Crippen LogP contribution in [0, 0.1) is 5.92 Å². The molecule has 25 heavy (non-hydrogen) atoms. The van der Waals surface area contributed by atoms with Crippen molar-refractivity contribution < 1.29 is 14.3 Å². The number of carbonyl (C=O) groups excluding carboxylic acids is 1. The third-order valence-electron chi connectivity index (χ3n) is 4.92. The second kappa shape index (κ2) is 6.85. The summed E-state index contributed by atoms with van der Waals surface area (Å²) in [5, 5.41) is 0. The van der Waals surface area contributed by atoms with Crippen molar-refractivity contribution in [3.05, 3.63) is 54.4 Å². The second-order valence-corrected chi connectivity index (χ2v) is 6.52. The lowest BCUT2D eigenvalue weighted by molar-refractivity contribution is -0.129. The number of pyridine rings is 1. The topological polar surface area (TPSA) is 77.4 Å². The Morgan fingerprint density at radius 3 is 2.84 bits per heavy atom. The second-order valence-electron chi connectivity index (χ2n) is 6.52. The Bertz CT molecular complexity index is 720. The van der Waals surface area contributed by atoms with Gasteiger partial charge in [-0.1, -0.05) is 0 Å². The smallest absolute Gasteiger partial charge is 0.274 e. The van der Waals surface area contributed by atoms with Gasteiger partial charge in [0.15, 0.2) is 0 Å². The van der Waals surface area contributed by atoms with Gasteiger partial charge in [-0.25, -0.2) is 4.98 Å². The van der Waals surface area contributed by atoms with Gasteiger partial charge in [-0.2, -0.15) is 0 Å². The molecule has 1 atom stereocenters. The maximum atomic E-state index is 12.4. The van der Waals surface area contributed by atoms with E-state index in [4.69, 9.17) is 9.47 Å². The Morgan fingerprint density at radius 2 is 2.08 bits per heavy atom. The standard InChI is InChI=1S/C18H20N4O3/c23-17(16-9-20-6-7-21-16)22-12-18(13-22)15(3-8-25-18)11-24-10-14-1-4-19-5-2-14/h1-2,4-7,9,15H,3,8,10-13H2/t15-/m0/s1. The summed E-state index contributed by atoms with van der Waals surface area (Å²) in [6.07, 6.45) is 9.08. The van der Waals surface area contributed by atoms with Crippen LogP contribution in [-0.2, 0) is 16.1 Å². The molecule has 7 nitrogen and oxygen atoms in total. The van der Waals surface area contributed by atoms with Crippen molar-refractivity contribution in [3.8, 4) is 0 Å². The lowest BCUT2D eigenvalue weighted by atomic mass is 9.81. The van der Waals surface area contributed by atoms with Gasteiger partial charge in [0.05, 0.1) is 32.5 Å². The lowest BCUT2D eigenvalue weighted by Crippen LogP contribution is -2.66. The maximum absolute atomic E-state index is 12.4. The highest BCUT2D eigenvalue weighted by Gasteiger charge is 2.54. The molecule has 0 bridgehead atoms. The average molecular weight is 340 g/mol. The van der Waals surface area contributed by atoms with E-state index in [0.29, 0.717) is 37.9 Å². The number of likely N-dealkylation sites (tertiary alicyclic amines) is 1. The van der Waals surface area contributed by atoms with E-state index in [2.05, 4.69) is 15.0 Å².